The number of ether oxygens (including phenoxy) is 1. The Morgan fingerprint density at radius 3 is 2.60 bits per heavy atom. The van der Waals surface area contributed by atoms with E-state index in [9.17, 15) is 18.0 Å². The van der Waals surface area contributed by atoms with Crippen LogP contribution >= 0.6 is 0 Å². The minimum absolute atomic E-state index is 0.0866. The first-order valence-electron chi connectivity index (χ1n) is 5.54. The third-order valence-electron chi connectivity index (χ3n) is 2.28. The molecule has 2 aromatic heterocycles. The fourth-order valence-corrected chi connectivity index (χ4v) is 1.37. The summed E-state index contributed by atoms with van der Waals surface area (Å²) in [5.74, 6) is -0.605. The van der Waals surface area contributed by atoms with E-state index >= 15 is 0 Å². The Hall–Kier alpha value is -2.45. The zero-order chi connectivity index (χ0) is 14.8. The first-order chi connectivity index (χ1) is 9.41. The Morgan fingerprint density at radius 2 is 2.05 bits per heavy atom. The molecule has 0 bridgehead atoms. The first-order valence-corrected chi connectivity index (χ1v) is 5.54. The van der Waals surface area contributed by atoms with Gasteiger partial charge in [0.1, 0.15) is 17.1 Å². The van der Waals surface area contributed by atoms with Crippen LogP contribution in [0.4, 0.5) is 13.2 Å². The molecule has 6 nitrogen and oxygen atoms in total. The molecule has 9 heteroatoms. The second-order valence-electron chi connectivity index (χ2n) is 3.67. The zero-order valence-corrected chi connectivity index (χ0v) is 10.2. The van der Waals surface area contributed by atoms with Crippen LogP contribution in [0.1, 0.15) is 23.1 Å². The molecular weight excluding hydrogens is 277 g/mol. The third kappa shape index (κ3) is 2.92. The lowest BCUT2D eigenvalue weighted by atomic mass is 10.3. The number of carbonyl (C=O) groups is 1. The molecule has 106 valence electrons. The molecule has 1 N–H and O–H groups in total. The van der Waals surface area contributed by atoms with E-state index in [-0.39, 0.29) is 23.7 Å². The molecule has 2 rings (SSSR count). The van der Waals surface area contributed by atoms with E-state index in [1.807, 2.05) is 0 Å². The lowest BCUT2D eigenvalue weighted by Crippen LogP contribution is -2.08. The molecule has 2 aromatic rings. The van der Waals surface area contributed by atoms with E-state index in [0.29, 0.717) is 6.20 Å². The normalized spacial score (nSPS) is 11.4. The molecule has 0 atom stereocenters. The predicted molar refractivity (Wildman–Crippen MR) is 60.6 cm³/mol. The van der Waals surface area contributed by atoms with E-state index in [1.165, 1.54) is 6.07 Å². The number of H-pyrrole nitrogens is 1. The fourth-order valence-electron chi connectivity index (χ4n) is 1.37. The van der Waals surface area contributed by atoms with Crippen LogP contribution in [0.15, 0.2) is 18.5 Å². The maximum atomic E-state index is 12.3. The van der Waals surface area contributed by atoms with Gasteiger partial charge in [-0.15, -0.1) is 0 Å². The zero-order valence-electron chi connectivity index (χ0n) is 10.2. The molecule has 0 saturated carbocycles. The summed E-state index contributed by atoms with van der Waals surface area (Å²) in [6, 6.07) is 1.33. The second kappa shape index (κ2) is 5.27. The number of esters is 1. The molecule has 2 heterocycles. The molecule has 0 aromatic carbocycles. The Labute approximate surface area is 111 Å². The van der Waals surface area contributed by atoms with E-state index in [0.717, 1.165) is 6.20 Å². The predicted octanol–water partition coefficient (Wildman–Crippen LogP) is 2.06. The number of halogens is 3. The molecule has 0 unspecified atom stereocenters. The molecule has 0 radical (unpaired) electrons. The summed E-state index contributed by atoms with van der Waals surface area (Å²) in [5.41, 5.74) is -0.690. The number of nitrogens with one attached hydrogen (secondary N) is 1. The highest BCUT2D eigenvalue weighted by Crippen LogP contribution is 2.27. The monoisotopic (exact) mass is 286 g/mol. The van der Waals surface area contributed by atoms with Gasteiger partial charge in [-0.25, -0.2) is 9.78 Å². The summed E-state index contributed by atoms with van der Waals surface area (Å²) < 4.78 is 41.7. The van der Waals surface area contributed by atoms with Gasteiger partial charge in [0.15, 0.2) is 5.69 Å². The highest BCUT2D eigenvalue weighted by atomic mass is 19.4. The van der Waals surface area contributed by atoms with Crippen molar-refractivity contribution in [3.05, 3.63) is 29.8 Å². The molecule has 0 spiro atoms. The standard InChI is InChI=1S/C11H9F3N4O2/c1-2-20-10(19)7-3-6(17-18-7)8-4-16-9(5-15-8)11(12,13)14/h3-5H,2H2,1H3,(H,17,18). The van der Waals surface area contributed by atoms with Crippen LogP contribution in [0.3, 0.4) is 0 Å². The van der Waals surface area contributed by atoms with Crippen molar-refractivity contribution in [2.45, 2.75) is 13.1 Å². The number of aromatic nitrogens is 4. The highest BCUT2D eigenvalue weighted by Gasteiger charge is 2.32. The first kappa shape index (κ1) is 14.0. The van der Waals surface area contributed by atoms with Gasteiger partial charge in [-0.1, -0.05) is 0 Å². The molecule has 0 aliphatic carbocycles. The average molecular weight is 286 g/mol. The lowest BCUT2D eigenvalue weighted by molar-refractivity contribution is -0.141. The Bertz CT molecular complexity index is 607. The summed E-state index contributed by atoms with van der Waals surface area (Å²) in [5, 5.41) is 6.19. The van der Waals surface area contributed by atoms with Gasteiger partial charge in [0.25, 0.3) is 0 Å². The van der Waals surface area contributed by atoms with Gasteiger partial charge in [0, 0.05) is 6.07 Å². The Morgan fingerprint density at radius 1 is 1.30 bits per heavy atom. The Balaban J connectivity index is 2.22. The molecule has 0 aliphatic heterocycles. The molecule has 0 saturated heterocycles. The topological polar surface area (TPSA) is 80.8 Å². The lowest BCUT2D eigenvalue weighted by Gasteiger charge is -2.04. The van der Waals surface area contributed by atoms with Gasteiger partial charge >= 0.3 is 12.1 Å². The smallest absolute Gasteiger partial charge is 0.434 e. The van der Waals surface area contributed by atoms with Crippen LogP contribution in [-0.4, -0.2) is 32.7 Å². The largest absolute Gasteiger partial charge is 0.461 e. The summed E-state index contributed by atoms with van der Waals surface area (Å²) in [6.45, 7) is 1.85. The quantitative estimate of drug-likeness (QED) is 0.873. The van der Waals surface area contributed by atoms with Crippen molar-refractivity contribution in [3.8, 4) is 11.4 Å². The van der Waals surface area contributed by atoms with Gasteiger partial charge in [-0.3, -0.25) is 10.1 Å². The van der Waals surface area contributed by atoms with Gasteiger partial charge < -0.3 is 4.74 Å². The van der Waals surface area contributed by atoms with Crippen molar-refractivity contribution in [2.75, 3.05) is 6.61 Å². The van der Waals surface area contributed by atoms with Crippen molar-refractivity contribution in [2.24, 2.45) is 0 Å². The van der Waals surface area contributed by atoms with Crippen molar-refractivity contribution in [1.82, 2.24) is 20.2 Å². The van der Waals surface area contributed by atoms with Gasteiger partial charge in [-0.05, 0) is 6.92 Å². The van der Waals surface area contributed by atoms with Crippen LogP contribution in [0.5, 0.6) is 0 Å². The van der Waals surface area contributed by atoms with E-state index < -0.39 is 17.8 Å². The van der Waals surface area contributed by atoms with Crippen LogP contribution in [0.2, 0.25) is 0 Å². The summed E-state index contributed by atoms with van der Waals surface area (Å²) in [7, 11) is 0. The van der Waals surface area contributed by atoms with Crippen LogP contribution in [-0.2, 0) is 10.9 Å². The molecule has 20 heavy (non-hydrogen) atoms. The van der Waals surface area contributed by atoms with Gasteiger partial charge in [0.05, 0.1) is 19.0 Å². The van der Waals surface area contributed by atoms with E-state index in [1.54, 1.807) is 6.92 Å². The van der Waals surface area contributed by atoms with Crippen molar-refractivity contribution in [3.63, 3.8) is 0 Å². The van der Waals surface area contributed by atoms with Crippen molar-refractivity contribution >= 4 is 5.97 Å². The Kier molecular flexibility index (Phi) is 3.68. The number of hydrogen-bond donors (Lipinski definition) is 1. The summed E-state index contributed by atoms with van der Waals surface area (Å²) in [6.07, 6.45) is -3.00. The average Bonchev–Trinajstić information content (AvgIpc) is 2.88. The molecule has 0 fully saturated rings. The third-order valence-corrected chi connectivity index (χ3v) is 2.28. The van der Waals surface area contributed by atoms with Crippen LogP contribution in [0.25, 0.3) is 11.4 Å². The number of nitrogens with zero attached hydrogens (tertiary/aromatic N) is 3. The number of rotatable bonds is 3. The second-order valence-corrected chi connectivity index (χ2v) is 3.67. The van der Waals surface area contributed by atoms with E-state index in [4.69, 9.17) is 4.74 Å². The maximum Gasteiger partial charge on any atom is 0.434 e. The van der Waals surface area contributed by atoms with Gasteiger partial charge in [-0.2, -0.15) is 18.3 Å². The SMILES string of the molecule is CCOC(=O)c1cc(-c2cnc(C(F)(F)F)cn2)n[nH]1. The molecule has 0 amide bonds. The molecule has 0 aliphatic rings. The maximum absolute atomic E-state index is 12.3. The minimum Gasteiger partial charge on any atom is -0.461 e. The summed E-state index contributed by atoms with van der Waals surface area (Å²) >= 11 is 0. The number of alkyl halides is 3. The fraction of sp³-hybridized carbons (Fsp3) is 0.273. The number of carbonyl (C=O) groups excluding carboxylic acids is 1. The minimum atomic E-state index is -4.55. The number of hydrogen-bond acceptors (Lipinski definition) is 5. The van der Waals surface area contributed by atoms with Crippen LogP contribution in [0, 0.1) is 0 Å². The number of aromatic amines is 1. The molecular formula is C11H9F3N4O2. The van der Waals surface area contributed by atoms with E-state index in [2.05, 4.69) is 20.2 Å². The summed E-state index contributed by atoms with van der Waals surface area (Å²) in [4.78, 5) is 18.3. The van der Waals surface area contributed by atoms with Crippen molar-refractivity contribution < 1.29 is 22.7 Å². The highest BCUT2D eigenvalue weighted by molar-refractivity contribution is 5.88. The van der Waals surface area contributed by atoms with Gasteiger partial charge in [0.2, 0.25) is 0 Å². The van der Waals surface area contributed by atoms with Crippen LogP contribution < -0.4 is 0 Å². The van der Waals surface area contributed by atoms with Crippen molar-refractivity contribution in [1.29, 1.82) is 0 Å².